The number of aliphatic hydroxyl groups is 2. The number of phenols is 1. The molecule has 1 aromatic heterocycles. The maximum atomic E-state index is 11.0. The zero-order chi connectivity index (χ0) is 21.4. The summed E-state index contributed by atoms with van der Waals surface area (Å²) >= 11 is 5.52. The van der Waals surface area contributed by atoms with Crippen molar-refractivity contribution in [1.82, 2.24) is 9.80 Å². The normalized spacial score (nSPS) is 11.7. The molecule has 0 saturated carbocycles. The Morgan fingerprint density at radius 1 is 0.897 bits per heavy atom. The van der Waals surface area contributed by atoms with Crippen molar-refractivity contribution in [3.05, 3.63) is 32.6 Å². The standard InChI is InChI=1S/C21H32N2O3S3/c1-4-18-20(28-29-21(18)27)15-11-16(13-22(5-2)7-9-24)19(26)17(12-15)14-23(6-3)8-10-25/h11-12,24-26H,4-10,13-14H2,1-3H3. The van der Waals surface area contributed by atoms with Crippen LogP contribution in [0.4, 0.5) is 0 Å². The van der Waals surface area contributed by atoms with E-state index >= 15 is 0 Å². The van der Waals surface area contributed by atoms with Gasteiger partial charge in [-0.25, -0.2) is 0 Å². The first-order chi connectivity index (χ1) is 14.0. The Balaban J connectivity index is 2.53. The number of aromatic hydroxyl groups is 1. The largest absolute Gasteiger partial charge is 0.507 e. The summed E-state index contributed by atoms with van der Waals surface area (Å²) in [4.78, 5) is 5.41. The van der Waals surface area contributed by atoms with Gasteiger partial charge < -0.3 is 15.3 Å². The summed E-state index contributed by atoms with van der Waals surface area (Å²) in [5.41, 5.74) is 4.00. The van der Waals surface area contributed by atoms with E-state index < -0.39 is 0 Å². The highest BCUT2D eigenvalue weighted by Crippen LogP contribution is 2.39. The molecule has 0 spiro atoms. The smallest absolute Gasteiger partial charge is 0.124 e. The summed E-state index contributed by atoms with van der Waals surface area (Å²) < 4.78 is 0.939. The van der Waals surface area contributed by atoms with Crippen LogP contribution in [0.15, 0.2) is 12.1 Å². The third-order valence-corrected chi connectivity index (χ3v) is 8.31. The lowest BCUT2D eigenvalue weighted by atomic mass is 9.99. The lowest BCUT2D eigenvalue weighted by Crippen LogP contribution is -2.27. The average molecular weight is 457 g/mol. The summed E-state index contributed by atoms with van der Waals surface area (Å²) in [6, 6.07) is 4.13. The van der Waals surface area contributed by atoms with Gasteiger partial charge in [0, 0.05) is 37.3 Å². The topological polar surface area (TPSA) is 67.2 Å². The van der Waals surface area contributed by atoms with Crippen molar-refractivity contribution in [1.29, 1.82) is 0 Å². The summed E-state index contributed by atoms with van der Waals surface area (Å²) in [6.07, 6.45) is 0.886. The summed E-state index contributed by atoms with van der Waals surface area (Å²) in [7, 11) is 3.32. The Hall–Kier alpha value is -0.870. The zero-order valence-corrected chi connectivity index (χ0v) is 19.9. The molecule has 0 radical (unpaired) electrons. The van der Waals surface area contributed by atoms with Crippen LogP contribution in [0.5, 0.6) is 5.75 Å². The van der Waals surface area contributed by atoms with Crippen LogP contribution < -0.4 is 0 Å². The van der Waals surface area contributed by atoms with Gasteiger partial charge in [-0.1, -0.05) is 53.7 Å². The van der Waals surface area contributed by atoms with E-state index in [0.29, 0.717) is 31.9 Å². The molecule has 3 N–H and O–H groups in total. The number of likely N-dealkylation sites (N-methyl/N-ethyl adjacent to an activating group) is 2. The molecule has 0 amide bonds. The molecule has 1 heterocycles. The quantitative estimate of drug-likeness (QED) is 0.330. The molecule has 29 heavy (non-hydrogen) atoms. The van der Waals surface area contributed by atoms with Crippen molar-refractivity contribution in [3.63, 3.8) is 0 Å². The molecule has 8 heteroatoms. The first-order valence-electron chi connectivity index (χ1n) is 10.1. The summed E-state index contributed by atoms with van der Waals surface area (Å²) in [5.74, 6) is 0.304. The molecule has 0 fully saturated rings. The SMILES string of the molecule is CCc1c(-c2cc(CN(CC)CCO)c(O)c(CN(CC)CCO)c2)ssc1=S. The van der Waals surface area contributed by atoms with E-state index in [1.807, 2.05) is 0 Å². The van der Waals surface area contributed by atoms with E-state index in [0.717, 1.165) is 40.0 Å². The van der Waals surface area contributed by atoms with E-state index in [1.54, 1.807) is 20.7 Å². The maximum absolute atomic E-state index is 11.0. The number of benzene rings is 1. The third kappa shape index (κ3) is 6.30. The molecule has 0 unspecified atom stereocenters. The number of rotatable bonds is 12. The zero-order valence-electron chi connectivity index (χ0n) is 17.5. The fourth-order valence-electron chi connectivity index (χ4n) is 3.39. The van der Waals surface area contributed by atoms with Crippen molar-refractivity contribution >= 4 is 32.9 Å². The molecule has 2 aromatic rings. The second-order valence-corrected chi connectivity index (χ2v) is 9.76. The van der Waals surface area contributed by atoms with Gasteiger partial charge in [-0.15, -0.1) is 0 Å². The molecule has 162 valence electrons. The van der Waals surface area contributed by atoms with Gasteiger partial charge in [0.25, 0.3) is 0 Å². The number of aliphatic hydroxyl groups excluding tert-OH is 2. The van der Waals surface area contributed by atoms with E-state index in [4.69, 9.17) is 12.2 Å². The van der Waals surface area contributed by atoms with Gasteiger partial charge in [-0.05, 0) is 42.8 Å². The number of nitrogens with zero attached hydrogens (tertiary/aromatic N) is 2. The molecular formula is C21H32N2O3S3. The first kappa shape index (κ1) is 24.4. The molecule has 2 rings (SSSR count). The van der Waals surface area contributed by atoms with Crippen molar-refractivity contribution in [2.75, 3.05) is 39.4 Å². The van der Waals surface area contributed by atoms with Crippen LogP contribution in [-0.2, 0) is 19.5 Å². The van der Waals surface area contributed by atoms with Crippen LogP contribution >= 0.6 is 32.9 Å². The number of hydrogen-bond acceptors (Lipinski definition) is 8. The lowest BCUT2D eigenvalue weighted by Gasteiger charge is -2.24. The van der Waals surface area contributed by atoms with Gasteiger partial charge in [0.15, 0.2) is 0 Å². The van der Waals surface area contributed by atoms with Gasteiger partial charge >= 0.3 is 0 Å². The molecule has 0 atom stereocenters. The third-order valence-electron chi connectivity index (χ3n) is 5.12. The molecule has 0 aliphatic carbocycles. The highest BCUT2D eigenvalue weighted by Gasteiger charge is 2.18. The van der Waals surface area contributed by atoms with Crippen molar-refractivity contribution in [3.8, 4) is 16.2 Å². The molecule has 0 saturated heterocycles. The predicted molar refractivity (Wildman–Crippen MR) is 126 cm³/mol. The highest BCUT2D eigenvalue weighted by atomic mass is 32.9. The summed E-state index contributed by atoms with van der Waals surface area (Å²) in [5, 5.41) is 29.7. The second kappa shape index (κ2) is 12.1. The number of phenolic OH excluding ortho intramolecular Hbond substituents is 1. The van der Waals surface area contributed by atoms with E-state index in [1.165, 1.54) is 10.4 Å². The first-order valence-corrected chi connectivity index (χ1v) is 12.7. The minimum absolute atomic E-state index is 0.0904. The molecular weight excluding hydrogens is 424 g/mol. The molecule has 5 nitrogen and oxygen atoms in total. The average Bonchev–Trinajstić information content (AvgIpc) is 3.10. The predicted octanol–water partition coefficient (Wildman–Crippen LogP) is 4.10. The van der Waals surface area contributed by atoms with Gasteiger partial charge in [-0.2, -0.15) is 0 Å². The molecule has 0 aliphatic heterocycles. The fraction of sp³-hybridized carbons (Fsp3) is 0.571. The van der Waals surface area contributed by atoms with Crippen LogP contribution in [-0.4, -0.2) is 64.5 Å². The minimum Gasteiger partial charge on any atom is -0.507 e. The van der Waals surface area contributed by atoms with Gasteiger partial charge in [0.1, 0.15) is 9.57 Å². The van der Waals surface area contributed by atoms with Crippen molar-refractivity contribution in [2.24, 2.45) is 0 Å². The van der Waals surface area contributed by atoms with Gasteiger partial charge in [0.05, 0.1) is 18.1 Å². The Labute approximate surface area is 186 Å². The van der Waals surface area contributed by atoms with Crippen LogP contribution in [0.1, 0.15) is 37.5 Å². The Morgan fingerprint density at radius 2 is 1.41 bits per heavy atom. The molecule has 1 aromatic carbocycles. The van der Waals surface area contributed by atoms with Crippen LogP contribution in [0, 0.1) is 3.82 Å². The van der Waals surface area contributed by atoms with Crippen LogP contribution in [0.2, 0.25) is 0 Å². The van der Waals surface area contributed by atoms with Crippen molar-refractivity contribution in [2.45, 2.75) is 40.3 Å². The summed E-state index contributed by atoms with van der Waals surface area (Å²) in [6.45, 7) is 10.3. The van der Waals surface area contributed by atoms with Gasteiger partial charge in [-0.3, -0.25) is 9.80 Å². The van der Waals surface area contributed by atoms with E-state index in [-0.39, 0.29) is 13.2 Å². The molecule has 0 aliphatic rings. The van der Waals surface area contributed by atoms with Crippen molar-refractivity contribution < 1.29 is 15.3 Å². The van der Waals surface area contributed by atoms with E-state index in [9.17, 15) is 15.3 Å². The molecule has 0 bridgehead atoms. The lowest BCUT2D eigenvalue weighted by molar-refractivity contribution is 0.192. The van der Waals surface area contributed by atoms with E-state index in [2.05, 4.69) is 42.7 Å². The fourth-order valence-corrected chi connectivity index (χ4v) is 6.51. The number of hydrogen-bond donors (Lipinski definition) is 3. The second-order valence-electron chi connectivity index (χ2n) is 6.94. The Bertz CT molecular complexity index is 798. The Morgan fingerprint density at radius 3 is 1.83 bits per heavy atom. The minimum atomic E-state index is 0.0904. The van der Waals surface area contributed by atoms with Crippen LogP contribution in [0.25, 0.3) is 10.4 Å². The monoisotopic (exact) mass is 456 g/mol. The van der Waals surface area contributed by atoms with Crippen LogP contribution in [0.3, 0.4) is 0 Å². The van der Waals surface area contributed by atoms with Gasteiger partial charge in [0.2, 0.25) is 0 Å². The Kier molecular flexibility index (Phi) is 10.2. The highest BCUT2D eigenvalue weighted by molar-refractivity contribution is 7.80. The maximum Gasteiger partial charge on any atom is 0.124 e.